The first-order chi connectivity index (χ1) is 13.8. The maximum absolute atomic E-state index is 13.9. The number of carboxylic acid groups (broad SMARTS) is 1. The van der Waals surface area contributed by atoms with Crippen LogP contribution in [-0.4, -0.2) is 50.0 Å². The van der Waals surface area contributed by atoms with Crippen LogP contribution in [0.25, 0.3) is 0 Å². The van der Waals surface area contributed by atoms with Gasteiger partial charge in [0.2, 0.25) is 10.0 Å². The monoisotopic (exact) mass is 450 g/mol. The lowest BCUT2D eigenvalue weighted by atomic mass is 9.94. The van der Waals surface area contributed by atoms with Crippen LogP contribution in [0.2, 0.25) is 0 Å². The number of rotatable bonds is 7. The molecule has 1 saturated heterocycles. The normalized spacial score (nSPS) is 20.9. The summed E-state index contributed by atoms with van der Waals surface area (Å²) in [5.41, 5.74) is -2.38. The van der Waals surface area contributed by atoms with E-state index in [9.17, 15) is 31.5 Å². The highest BCUT2D eigenvalue weighted by molar-refractivity contribution is 7.89. The van der Waals surface area contributed by atoms with Gasteiger partial charge in [-0.15, -0.1) is 0 Å². The molecule has 1 aliphatic heterocycles. The second kappa shape index (κ2) is 9.13. The summed E-state index contributed by atoms with van der Waals surface area (Å²) in [5.74, 6) is -1.48. The number of halogens is 3. The molecule has 0 bridgehead atoms. The van der Waals surface area contributed by atoms with E-state index < -0.39 is 43.9 Å². The minimum Gasteiger partial charge on any atom is -0.478 e. The molecule has 170 valence electrons. The van der Waals surface area contributed by atoms with Crippen molar-refractivity contribution in [2.45, 2.75) is 51.6 Å². The highest BCUT2D eigenvalue weighted by atomic mass is 32.2. The number of carboxylic acids is 1. The summed E-state index contributed by atoms with van der Waals surface area (Å²) in [6.07, 6.45) is -3.58. The molecule has 1 N–H and O–H groups in total. The van der Waals surface area contributed by atoms with E-state index >= 15 is 0 Å². The van der Waals surface area contributed by atoms with Crippen LogP contribution in [0.1, 0.15) is 56.5 Å². The van der Waals surface area contributed by atoms with E-state index in [2.05, 4.69) is 0 Å². The van der Waals surface area contributed by atoms with Crippen LogP contribution in [0, 0.1) is 11.8 Å². The van der Waals surface area contributed by atoms with Crippen molar-refractivity contribution in [3.05, 3.63) is 23.3 Å². The maximum Gasteiger partial charge on any atom is 0.418 e. The summed E-state index contributed by atoms with van der Waals surface area (Å²) in [4.78, 5) is 12.6. The van der Waals surface area contributed by atoms with Gasteiger partial charge in [0.15, 0.2) is 0 Å². The van der Waals surface area contributed by atoms with Crippen molar-refractivity contribution >= 4 is 21.7 Å². The summed E-state index contributed by atoms with van der Waals surface area (Å²) >= 11 is 0. The molecule has 0 radical (unpaired) electrons. The minimum absolute atomic E-state index is 0.0592. The van der Waals surface area contributed by atoms with Gasteiger partial charge in [-0.25, -0.2) is 13.2 Å². The maximum atomic E-state index is 13.9. The van der Waals surface area contributed by atoms with Gasteiger partial charge in [0, 0.05) is 26.2 Å². The molecule has 0 amide bonds. The standard InChI is InChI=1S/C20H29F3N2O4S/c1-5-7-24(6-2)18-16(19(26)27)9-15(10-17(18)20(21,22)23)30(28,29)25-11-13(3)8-14(4)12-25/h9-10,13-14H,5-8,11-12H2,1-4H3,(H,26,27). The van der Waals surface area contributed by atoms with Crippen LogP contribution in [-0.2, 0) is 16.2 Å². The molecule has 1 aromatic carbocycles. The molecule has 0 spiro atoms. The van der Waals surface area contributed by atoms with Gasteiger partial charge >= 0.3 is 12.1 Å². The highest BCUT2D eigenvalue weighted by Crippen LogP contribution is 2.41. The van der Waals surface area contributed by atoms with Gasteiger partial charge in [-0.1, -0.05) is 20.8 Å². The lowest BCUT2D eigenvalue weighted by Crippen LogP contribution is -2.42. The van der Waals surface area contributed by atoms with Crippen LogP contribution in [0.3, 0.4) is 0 Å². The Bertz CT molecular complexity index is 877. The van der Waals surface area contributed by atoms with Crippen LogP contribution in [0.5, 0.6) is 0 Å². The number of hydrogen-bond donors (Lipinski definition) is 1. The van der Waals surface area contributed by atoms with E-state index in [1.807, 2.05) is 13.8 Å². The van der Waals surface area contributed by atoms with Gasteiger partial charge in [-0.05, 0) is 43.7 Å². The van der Waals surface area contributed by atoms with E-state index in [0.717, 1.165) is 16.8 Å². The number of nitrogens with zero attached hydrogens (tertiary/aromatic N) is 2. The Balaban J connectivity index is 2.73. The second-order valence-electron chi connectivity index (χ2n) is 8.02. The molecule has 0 aliphatic carbocycles. The van der Waals surface area contributed by atoms with Gasteiger partial charge in [0.1, 0.15) is 0 Å². The van der Waals surface area contributed by atoms with Gasteiger partial charge in [0.25, 0.3) is 0 Å². The van der Waals surface area contributed by atoms with Crippen LogP contribution >= 0.6 is 0 Å². The number of anilines is 1. The lowest BCUT2D eigenvalue weighted by molar-refractivity contribution is -0.137. The Labute approximate surface area is 175 Å². The van der Waals surface area contributed by atoms with E-state index in [0.29, 0.717) is 12.5 Å². The number of alkyl halides is 3. The van der Waals surface area contributed by atoms with Crippen molar-refractivity contribution in [2.75, 3.05) is 31.1 Å². The fourth-order valence-corrected chi connectivity index (χ4v) is 5.86. The largest absolute Gasteiger partial charge is 0.478 e. The third-order valence-corrected chi connectivity index (χ3v) is 7.09. The Kier molecular flexibility index (Phi) is 7.45. The number of benzene rings is 1. The molecule has 1 aliphatic rings. The number of aromatic carboxylic acids is 1. The number of piperidine rings is 1. The van der Waals surface area contributed by atoms with E-state index in [1.54, 1.807) is 13.8 Å². The first kappa shape index (κ1) is 24.5. The molecule has 2 atom stereocenters. The summed E-state index contributed by atoms with van der Waals surface area (Å²) in [6.45, 7) is 7.92. The quantitative estimate of drug-likeness (QED) is 0.670. The first-order valence-electron chi connectivity index (χ1n) is 10.1. The first-order valence-corrected chi connectivity index (χ1v) is 11.5. The van der Waals surface area contributed by atoms with E-state index in [-0.39, 0.29) is 38.0 Å². The molecular formula is C20H29F3N2O4S. The summed E-state index contributed by atoms with van der Waals surface area (Å²) < 4.78 is 69.3. The minimum atomic E-state index is -4.91. The second-order valence-corrected chi connectivity index (χ2v) is 9.96. The van der Waals surface area contributed by atoms with Crippen molar-refractivity contribution < 1.29 is 31.5 Å². The average molecular weight is 451 g/mol. The van der Waals surface area contributed by atoms with Crippen molar-refractivity contribution in [3.8, 4) is 0 Å². The topological polar surface area (TPSA) is 77.9 Å². The van der Waals surface area contributed by atoms with Gasteiger partial charge in [-0.2, -0.15) is 17.5 Å². The highest BCUT2D eigenvalue weighted by Gasteiger charge is 2.40. The molecule has 1 heterocycles. The zero-order chi connectivity index (χ0) is 22.9. The summed E-state index contributed by atoms with van der Waals surface area (Å²) in [7, 11) is -4.28. The molecular weight excluding hydrogens is 421 g/mol. The molecule has 0 aromatic heterocycles. The van der Waals surface area contributed by atoms with Crippen LogP contribution in [0.4, 0.5) is 18.9 Å². The van der Waals surface area contributed by atoms with Gasteiger partial charge < -0.3 is 10.0 Å². The molecule has 1 fully saturated rings. The fraction of sp³-hybridized carbons (Fsp3) is 0.650. The van der Waals surface area contributed by atoms with E-state index in [4.69, 9.17) is 0 Å². The molecule has 2 rings (SSSR count). The molecule has 30 heavy (non-hydrogen) atoms. The molecule has 6 nitrogen and oxygen atoms in total. The van der Waals surface area contributed by atoms with Gasteiger partial charge in [0.05, 0.1) is 21.7 Å². The predicted molar refractivity (Wildman–Crippen MR) is 108 cm³/mol. The molecule has 2 unspecified atom stereocenters. The third-order valence-electron chi connectivity index (χ3n) is 5.28. The Morgan fingerprint density at radius 1 is 1.20 bits per heavy atom. The fourth-order valence-electron chi connectivity index (χ4n) is 4.13. The molecule has 10 heteroatoms. The zero-order valence-electron chi connectivity index (χ0n) is 17.7. The number of carbonyl (C=O) groups is 1. The van der Waals surface area contributed by atoms with Gasteiger partial charge in [-0.3, -0.25) is 0 Å². The van der Waals surface area contributed by atoms with Crippen molar-refractivity contribution in [1.82, 2.24) is 4.31 Å². The third kappa shape index (κ3) is 5.08. The molecule has 1 aromatic rings. The predicted octanol–water partition coefficient (Wildman–Crippen LogP) is 4.31. The Morgan fingerprint density at radius 2 is 1.77 bits per heavy atom. The number of hydrogen-bond acceptors (Lipinski definition) is 4. The molecule has 0 saturated carbocycles. The summed E-state index contributed by atoms with van der Waals surface area (Å²) in [6, 6.07) is 1.45. The summed E-state index contributed by atoms with van der Waals surface area (Å²) in [5, 5.41) is 9.65. The lowest BCUT2D eigenvalue weighted by Gasteiger charge is -2.34. The van der Waals surface area contributed by atoms with Crippen molar-refractivity contribution in [2.24, 2.45) is 11.8 Å². The Morgan fingerprint density at radius 3 is 2.20 bits per heavy atom. The van der Waals surface area contributed by atoms with Crippen LogP contribution in [0.15, 0.2) is 17.0 Å². The van der Waals surface area contributed by atoms with Crippen molar-refractivity contribution in [1.29, 1.82) is 0 Å². The SMILES string of the molecule is CCCN(CC)c1c(C(=O)O)cc(S(=O)(=O)N2CC(C)CC(C)C2)cc1C(F)(F)F. The average Bonchev–Trinajstić information content (AvgIpc) is 2.63. The van der Waals surface area contributed by atoms with E-state index in [1.165, 1.54) is 4.90 Å². The van der Waals surface area contributed by atoms with Crippen molar-refractivity contribution in [3.63, 3.8) is 0 Å². The Hall–Kier alpha value is -1.81. The number of sulfonamides is 1. The van der Waals surface area contributed by atoms with Crippen LogP contribution < -0.4 is 4.90 Å². The smallest absolute Gasteiger partial charge is 0.418 e. The zero-order valence-corrected chi connectivity index (χ0v) is 18.5.